The lowest BCUT2D eigenvalue weighted by Gasteiger charge is -2.15. The molecule has 136 valence electrons. The Morgan fingerprint density at radius 2 is 2.00 bits per heavy atom. The molecule has 0 spiro atoms. The lowest BCUT2D eigenvalue weighted by Crippen LogP contribution is -2.30. The first-order valence-electron chi connectivity index (χ1n) is 8.97. The number of amides is 2. The van der Waals surface area contributed by atoms with Crippen LogP contribution in [0.1, 0.15) is 35.2 Å². The fraction of sp³-hybridized carbons (Fsp3) is 0.333. The van der Waals surface area contributed by atoms with Gasteiger partial charge in [-0.1, -0.05) is 18.2 Å². The second-order valence-corrected chi connectivity index (χ2v) is 6.64. The third-order valence-electron chi connectivity index (χ3n) is 4.68. The van der Waals surface area contributed by atoms with Gasteiger partial charge in [-0.25, -0.2) is 4.39 Å². The fourth-order valence-electron chi connectivity index (χ4n) is 3.18. The standard InChI is InChI=1S/C21H23FN2O2/c1-15-13-17(8-9-19(15)22)16-5-2-6-18(14-16)21(26)23-10-4-12-24-11-3-7-20(24)25/h2,5-6,8-9,13-14H,3-4,7,10-12H2,1H3,(H,23,26). The molecule has 26 heavy (non-hydrogen) atoms. The molecule has 1 heterocycles. The second-order valence-electron chi connectivity index (χ2n) is 6.64. The van der Waals surface area contributed by atoms with Crippen LogP contribution in [0.2, 0.25) is 0 Å². The number of halogens is 1. The van der Waals surface area contributed by atoms with Crippen LogP contribution < -0.4 is 5.32 Å². The first kappa shape index (κ1) is 18.1. The van der Waals surface area contributed by atoms with Crippen LogP contribution in [0.3, 0.4) is 0 Å². The highest BCUT2D eigenvalue weighted by Gasteiger charge is 2.19. The molecular formula is C21H23FN2O2. The van der Waals surface area contributed by atoms with E-state index in [-0.39, 0.29) is 17.6 Å². The Hall–Kier alpha value is -2.69. The van der Waals surface area contributed by atoms with E-state index in [1.165, 1.54) is 6.07 Å². The van der Waals surface area contributed by atoms with Crippen molar-refractivity contribution in [2.24, 2.45) is 0 Å². The Morgan fingerprint density at radius 1 is 1.19 bits per heavy atom. The highest BCUT2D eigenvalue weighted by Crippen LogP contribution is 2.23. The van der Waals surface area contributed by atoms with Crippen molar-refractivity contribution in [3.63, 3.8) is 0 Å². The monoisotopic (exact) mass is 354 g/mol. The van der Waals surface area contributed by atoms with Gasteiger partial charge in [0, 0.05) is 31.6 Å². The molecule has 3 rings (SSSR count). The normalized spacial score (nSPS) is 13.9. The molecule has 2 amide bonds. The van der Waals surface area contributed by atoms with Gasteiger partial charge in [0.2, 0.25) is 5.91 Å². The number of aryl methyl sites for hydroxylation is 1. The molecule has 1 saturated heterocycles. The topological polar surface area (TPSA) is 49.4 Å². The Kier molecular flexibility index (Phi) is 5.66. The number of nitrogens with one attached hydrogen (secondary N) is 1. The van der Waals surface area contributed by atoms with Crippen molar-refractivity contribution in [1.82, 2.24) is 10.2 Å². The first-order chi connectivity index (χ1) is 12.5. The maximum atomic E-state index is 13.4. The Balaban J connectivity index is 1.57. The second kappa shape index (κ2) is 8.13. The number of likely N-dealkylation sites (tertiary alicyclic amines) is 1. The molecule has 0 aliphatic carbocycles. The van der Waals surface area contributed by atoms with Gasteiger partial charge in [0.05, 0.1) is 0 Å². The molecule has 0 unspecified atom stereocenters. The van der Waals surface area contributed by atoms with E-state index in [1.807, 2.05) is 23.1 Å². The van der Waals surface area contributed by atoms with Gasteiger partial charge in [-0.05, 0) is 60.7 Å². The summed E-state index contributed by atoms with van der Waals surface area (Å²) >= 11 is 0. The van der Waals surface area contributed by atoms with Crippen LogP contribution in [0, 0.1) is 12.7 Å². The Bertz CT molecular complexity index is 819. The van der Waals surface area contributed by atoms with E-state index in [0.29, 0.717) is 30.6 Å². The molecule has 0 saturated carbocycles. The molecule has 0 radical (unpaired) electrons. The molecule has 1 N–H and O–H groups in total. The van der Waals surface area contributed by atoms with Crippen molar-refractivity contribution in [3.8, 4) is 11.1 Å². The van der Waals surface area contributed by atoms with Gasteiger partial charge in [0.25, 0.3) is 5.91 Å². The van der Waals surface area contributed by atoms with Crippen molar-refractivity contribution in [1.29, 1.82) is 0 Å². The summed E-state index contributed by atoms with van der Waals surface area (Å²) < 4.78 is 13.4. The van der Waals surface area contributed by atoms with Crippen molar-refractivity contribution in [3.05, 3.63) is 59.4 Å². The number of rotatable bonds is 6. The fourth-order valence-corrected chi connectivity index (χ4v) is 3.18. The number of carbonyl (C=O) groups is 2. The minimum absolute atomic E-state index is 0.140. The molecule has 1 aliphatic rings. The highest BCUT2D eigenvalue weighted by molar-refractivity contribution is 5.95. The van der Waals surface area contributed by atoms with Crippen molar-refractivity contribution < 1.29 is 14.0 Å². The zero-order chi connectivity index (χ0) is 18.5. The van der Waals surface area contributed by atoms with Crippen LogP contribution >= 0.6 is 0 Å². The van der Waals surface area contributed by atoms with Gasteiger partial charge < -0.3 is 10.2 Å². The number of hydrogen-bond donors (Lipinski definition) is 1. The summed E-state index contributed by atoms with van der Waals surface area (Å²) in [6.07, 6.45) is 2.32. The predicted molar refractivity (Wildman–Crippen MR) is 99.3 cm³/mol. The first-order valence-corrected chi connectivity index (χ1v) is 8.97. The summed E-state index contributed by atoms with van der Waals surface area (Å²) in [6, 6.07) is 12.2. The van der Waals surface area contributed by atoms with Gasteiger partial charge in [0.15, 0.2) is 0 Å². The lowest BCUT2D eigenvalue weighted by molar-refractivity contribution is -0.127. The number of carbonyl (C=O) groups excluding carboxylic acids is 2. The third-order valence-corrected chi connectivity index (χ3v) is 4.68. The van der Waals surface area contributed by atoms with Crippen LogP contribution in [-0.4, -0.2) is 36.3 Å². The van der Waals surface area contributed by atoms with Gasteiger partial charge >= 0.3 is 0 Å². The molecule has 1 aliphatic heterocycles. The Morgan fingerprint density at radius 3 is 2.73 bits per heavy atom. The largest absolute Gasteiger partial charge is 0.352 e. The van der Waals surface area contributed by atoms with Crippen molar-refractivity contribution in [2.45, 2.75) is 26.2 Å². The van der Waals surface area contributed by atoms with Crippen LogP contribution in [0.25, 0.3) is 11.1 Å². The minimum Gasteiger partial charge on any atom is -0.352 e. The molecule has 0 aromatic heterocycles. The van der Waals surface area contributed by atoms with E-state index in [2.05, 4.69) is 5.32 Å². The summed E-state index contributed by atoms with van der Waals surface area (Å²) in [6.45, 7) is 3.77. The van der Waals surface area contributed by atoms with E-state index < -0.39 is 0 Å². The molecule has 1 fully saturated rings. The van der Waals surface area contributed by atoms with Gasteiger partial charge in [-0.2, -0.15) is 0 Å². The number of hydrogen-bond acceptors (Lipinski definition) is 2. The lowest BCUT2D eigenvalue weighted by atomic mass is 10.0. The van der Waals surface area contributed by atoms with Crippen molar-refractivity contribution in [2.75, 3.05) is 19.6 Å². The summed E-state index contributed by atoms with van der Waals surface area (Å²) in [5.41, 5.74) is 2.91. The summed E-state index contributed by atoms with van der Waals surface area (Å²) in [4.78, 5) is 25.8. The molecule has 0 bridgehead atoms. The van der Waals surface area contributed by atoms with Gasteiger partial charge in [-0.15, -0.1) is 0 Å². The van der Waals surface area contributed by atoms with Crippen LogP contribution in [0.15, 0.2) is 42.5 Å². The summed E-state index contributed by atoms with van der Waals surface area (Å²) in [5.74, 6) is -0.170. The molecule has 5 heteroatoms. The van der Waals surface area contributed by atoms with Gasteiger partial charge in [0.1, 0.15) is 5.82 Å². The summed E-state index contributed by atoms with van der Waals surface area (Å²) in [7, 11) is 0. The molecule has 0 atom stereocenters. The summed E-state index contributed by atoms with van der Waals surface area (Å²) in [5, 5.41) is 2.90. The zero-order valence-electron chi connectivity index (χ0n) is 14.9. The Labute approximate surface area is 153 Å². The average molecular weight is 354 g/mol. The SMILES string of the molecule is Cc1cc(-c2cccc(C(=O)NCCCN3CCCC3=O)c2)ccc1F. The van der Waals surface area contributed by atoms with E-state index in [4.69, 9.17) is 0 Å². The van der Waals surface area contributed by atoms with Crippen LogP contribution in [0.4, 0.5) is 4.39 Å². The quantitative estimate of drug-likeness (QED) is 0.807. The predicted octanol–water partition coefficient (Wildman–Crippen LogP) is 3.54. The van der Waals surface area contributed by atoms with Crippen molar-refractivity contribution >= 4 is 11.8 Å². The maximum absolute atomic E-state index is 13.4. The van der Waals surface area contributed by atoms with Crippen LogP contribution in [0.5, 0.6) is 0 Å². The van der Waals surface area contributed by atoms with Gasteiger partial charge in [-0.3, -0.25) is 9.59 Å². The van der Waals surface area contributed by atoms with Crippen LogP contribution in [-0.2, 0) is 4.79 Å². The number of nitrogens with zero attached hydrogens (tertiary/aromatic N) is 1. The van der Waals surface area contributed by atoms with E-state index in [1.54, 1.807) is 25.1 Å². The van der Waals surface area contributed by atoms with E-state index in [9.17, 15) is 14.0 Å². The molecule has 2 aromatic rings. The third kappa shape index (κ3) is 4.28. The van der Waals surface area contributed by atoms with E-state index >= 15 is 0 Å². The number of benzene rings is 2. The van der Waals surface area contributed by atoms with E-state index in [0.717, 1.165) is 30.5 Å². The molecule has 2 aromatic carbocycles. The molecular weight excluding hydrogens is 331 g/mol. The minimum atomic E-state index is -0.237. The average Bonchev–Trinajstić information content (AvgIpc) is 3.06. The highest BCUT2D eigenvalue weighted by atomic mass is 19.1. The smallest absolute Gasteiger partial charge is 0.251 e. The maximum Gasteiger partial charge on any atom is 0.251 e. The molecule has 4 nitrogen and oxygen atoms in total. The zero-order valence-corrected chi connectivity index (χ0v) is 14.9.